The van der Waals surface area contributed by atoms with Crippen LogP contribution in [0.1, 0.15) is 74.2 Å². The summed E-state index contributed by atoms with van der Waals surface area (Å²) in [5, 5.41) is 9.87. The number of carboxylic acid groups (broad SMARTS) is 1. The fourth-order valence-electron chi connectivity index (χ4n) is 4.62. The summed E-state index contributed by atoms with van der Waals surface area (Å²) in [6.45, 7) is 8.96. The lowest BCUT2D eigenvalue weighted by atomic mass is 10.0. The summed E-state index contributed by atoms with van der Waals surface area (Å²) < 4.78 is 50.9. The van der Waals surface area contributed by atoms with E-state index in [2.05, 4.69) is 6.92 Å². The van der Waals surface area contributed by atoms with E-state index in [1.807, 2.05) is 6.07 Å². The average Bonchev–Trinajstić information content (AvgIpc) is 3.04. The first-order chi connectivity index (χ1) is 22.2. The Hall–Kier alpha value is -1.83. The van der Waals surface area contributed by atoms with Crippen molar-refractivity contribution in [2.45, 2.75) is 70.8 Å². The van der Waals surface area contributed by atoms with E-state index in [0.717, 1.165) is 24.8 Å². The van der Waals surface area contributed by atoms with E-state index in [1.54, 1.807) is 12.1 Å². The molecule has 11 heteroatoms. The van der Waals surface area contributed by atoms with E-state index in [9.17, 15) is 9.90 Å². The summed E-state index contributed by atoms with van der Waals surface area (Å²) in [6, 6.07) is 5.44. The third-order valence-electron chi connectivity index (χ3n) is 7.14. The van der Waals surface area contributed by atoms with Gasteiger partial charge in [-0.2, -0.15) is 0 Å². The van der Waals surface area contributed by atoms with Crippen molar-refractivity contribution in [2.75, 3.05) is 106 Å². The summed E-state index contributed by atoms with van der Waals surface area (Å²) in [4.78, 5) is 12.1. The molecule has 1 N–H and O–H groups in total. The van der Waals surface area contributed by atoms with Gasteiger partial charge in [0.2, 0.25) is 0 Å². The number of carbonyl (C=O) groups is 1. The molecule has 0 saturated carbocycles. The van der Waals surface area contributed by atoms with Crippen LogP contribution in [0.25, 0.3) is 0 Å². The maximum absolute atomic E-state index is 12.1. The van der Waals surface area contributed by atoms with Crippen molar-refractivity contribution in [3.63, 3.8) is 0 Å². The monoisotopic (exact) mass is 642 g/mol. The van der Waals surface area contributed by atoms with Crippen LogP contribution in [0.4, 0.5) is 0 Å². The molecule has 0 aliphatic carbocycles. The van der Waals surface area contributed by atoms with Crippen LogP contribution in [0.3, 0.4) is 0 Å². The smallest absolute Gasteiger partial charge is 0.339 e. The molecular formula is C34H58O11. The molecule has 1 atom stereocenters. The van der Waals surface area contributed by atoms with Crippen LogP contribution >= 0.6 is 0 Å². The lowest BCUT2D eigenvalue weighted by Crippen LogP contribution is -2.30. The van der Waals surface area contributed by atoms with Crippen LogP contribution in [0, 0.1) is 0 Å². The van der Waals surface area contributed by atoms with E-state index in [1.165, 1.54) is 38.5 Å². The van der Waals surface area contributed by atoms with Gasteiger partial charge >= 0.3 is 5.97 Å². The van der Waals surface area contributed by atoms with Crippen LogP contribution in [-0.2, 0) is 44.3 Å². The van der Waals surface area contributed by atoms with E-state index in [0.29, 0.717) is 98.2 Å². The summed E-state index contributed by atoms with van der Waals surface area (Å²) >= 11 is 0. The fraction of sp³-hybridized carbons (Fsp3) is 0.794. The molecular weight excluding hydrogens is 584 g/mol. The first-order valence-electron chi connectivity index (χ1n) is 16.9. The Morgan fingerprint density at radius 2 is 1.13 bits per heavy atom. The molecule has 1 saturated heterocycles. The lowest BCUT2D eigenvalue weighted by Gasteiger charge is -2.20. The predicted octanol–water partition coefficient (Wildman–Crippen LogP) is 4.96. The van der Waals surface area contributed by atoms with Crippen LogP contribution < -0.4 is 4.74 Å². The molecule has 1 aliphatic heterocycles. The molecule has 0 aromatic heterocycles. The van der Waals surface area contributed by atoms with Gasteiger partial charge in [0.15, 0.2) is 0 Å². The first-order valence-corrected chi connectivity index (χ1v) is 16.9. The second-order valence-electron chi connectivity index (χ2n) is 10.9. The van der Waals surface area contributed by atoms with E-state index < -0.39 is 12.1 Å². The number of aryl methyl sites for hydroxylation is 1. The minimum atomic E-state index is -1.01. The number of rotatable bonds is 13. The first kappa shape index (κ1) is 39.3. The summed E-state index contributed by atoms with van der Waals surface area (Å²) in [5.41, 5.74) is 1.17. The third kappa shape index (κ3) is 21.6. The number of hydrogen-bond donors (Lipinski definition) is 1. The number of benzene rings is 1. The average molecular weight is 643 g/mol. The van der Waals surface area contributed by atoms with Crippen LogP contribution in [0.2, 0.25) is 0 Å². The van der Waals surface area contributed by atoms with Crippen molar-refractivity contribution in [2.24, 2.45) is 0 Å². The fourth-order valence-corrected chi connectivity index (χ4v) is 4.62. The minimum Gasteiger partial charge on any atom is -0.490 e. The Balaban J connectivity index is 1.80. The van der Waals surface area contributed by atoms with Crippen molar-refractivity contribution in [1.82, 2.24) is 0 Å². The van der Waals surface area contributed by atoms with Gasteiger partial charge in [-0.3, -0.25) is 0 Å². The zero-order valence-corrected chi connectivity index (χ0v) is 27.5. The maximum Gasteiger partial charge on any atom is 0.339 e. The topological polar surface area (TPSA) is 120 Å². The number of carboxylic acids is 1. The molecule has 0 spiro atoms. The maximum atomic E-state index is 12.1. The van der Waals surface area contributed by atoms with Gasteiger partial charge in [-0.05, 0) is 30.5 Å². The zero-order valence-electron chi connectivity index (χ0n) is 27.5. The van der Waals surface area contributed by atoms with Gasteiger partial charge in [-0.25, -0.2) is 4.79 Å². The molecule has 1 aromatic rings. The van der Waals surface area contributed by atoms with Gasteiger partial charge in [0.05, 0.1) is 99.1 Å². The second-order valence-corrected chi connectivity index (χ2v) is 10.9. The minimum absolute atomic E-state index is 0.136. The number of hydrogen-bond acceptors (Lipinski definition) is 10. The molecule has 0 amide bonds. The number of ether oxygens (including phenoxy) is 9. The van der Waals surface area contributed by atoms with Crippen molar-refractivity contribution in [1.29, 1.82) is 0 Å². The Labute approximate surface area is 270 Å². The molecule has 0 radical (unpaired) electrons. The van der Waals surface area contributed by atoms with Crippen molar-refractivity contribution >= 4 is 5.97 Å². The van der Waals surface area contributed by atoms with Gasteiger partial charge in [0, 0.05) is 0 Å². The second kappa shape index (κ2) is 28.4. The number of unbranched alkanes of at least 4 members (excludes halogenated alkanes) is 7. The van der Waals surface area contributed by atoms with Crippen LogP contribution in [0.15, 0.2) is 18.2 Å². The Morgan fingerprint density at radius 3 is 1.64 bits per heavy atom. The highest BCUT2D eigenvalue weighted by atomic mass is 16.6. The van der Waals surface area contributed by atoms with Gasteiger partial charge in [0.25, 0.3) is 0 Å². The summed E-state index contributed by atoms with van der Waals surface area (Å²) in [5.74, 6) is -0.689. The Morgan fingerprint density at radius 1 is 0.667 bits per heavy atom. The van der Waals surface area contributed by atoms with Gasteiger partial charge < -0.3 is 47.7 Å². The van der Waals surface area contributed by atoms with Gasteiger partial charge in [-0.1, -0.05) is 57.9 Å². The highest BCUT2D eigenvalue weighted by Crippen LogP contribution is 2.22. The molecule has 1 fully saturated rings. The largest absolute Gasteiger partial charge is 0.490 e. The normalized spacial score (nSPS) is 19.8. The lowest BCUT2D eigenvalue weighted by molar-refractivity contribution is -0.0691. The van der Waals surface area contributed by atoms with Crippen molar-refractivity contribution in [3.05, 3.63) is 29.3 Å². The van der Waals surface area contributed by atoms with Gasteiger partial charge in [-0.15, -0.1) is 0 Å². The van der Waals surface area contributed by atoms with E-state index in [4.69, 9.17) is 42.6 Å². The summed E-state index contributed by atoms with van der Waals surface area (Å²) in [6.07, 6.45) is 10.3. The molecule has 1 unspecified atom stereocenters. The zero-order chi connectivity index (χ0) is 32.0. The molecule has 1 aliphatic rings. The molecule has 0 bridgehead atoms. The van der Waals surface area contributed by atoms with Crippen molar-refractivity contribution < 1.29 is 52.5 Å². The van der Waals surface area contributed by atoms with E-state index >= 15 is 0 Å². The predicted molar refractivity (Wildman–Crippen MR) is 171 cm³/mol. The molecule has 260 valence electrons. The molecule has 1 heterocycles. The highest BCUT2D eigenvalue weighted by Gasteiger charge is 2.16. The quantitative estimate of drug-likeness (QED) is 0.294. The molecule has 1 aromatic carbocycles. The van der Waals surface area contributed by atoms with Crippen molar-refractivity contribution in [3.8, 4) is 5.75 Å². The van der Waals surface area contributed by atoms with Gasteiger partial charge in [0.1, 0.15) is 24.0 Å². The highest BCUT2D eigenvalue weighted by molar-refractivity contribution is 5.91. The molecule has 11 nitrogen and oxygen atoms in total. The Kier molecular flexibility index (Phi) is 24.8. The number of aromatic carboxylic acids is 1. The molecule has 2 rings (SSSR count). The third-order valence-corrected chi connectivity index (χ3v) is 7.14. The molecule has 45 heavy (non-hydrogen) atoms. The van der Waals surface area contributed by atoms with E-state index in [-0.39, 0.29) is 18.8 Å². The van der Waals surface area contributed by atoms with Crippen LogP contribution in [-0.4, -0.2) is 123 Å². The van der Waals surface area contributed by atoms with Crippen LogP contribution in [0.5, 0.6) is 5.75 Å². The summed E-state index contributed by atoms with van der Waals surface area (Å²) in [7, 11) is 0. The Bertz CT molecular complexity index is 814. The standard InChI is InChI=1S/C34H58O11/c1-2-3-4-5-6-7-8-9-10-30-11-12-33(32(27-30)34(35)36)45-29-31-28-43-24-23-41-20-19-39-16-15-37-13-14-38-17-18-40-21-22-42-25-26-44-31/h11-12,27,31H,2-10,13-26,28-29H2,1H3,(H,35,36). The SMILES string of the molecule is CCCCCCCCCCc1ccc(OCC2COCCOCCOCCOCCOCCOCCOCCO2)c(C(=O)O)c1.